The van der Waals surface area contributed by atoms with E-state index in [4.69, 9.17) is 52.5 Å². The molecule has 0 spiro atoms. The zero-order valence-electron chi connectivity index (χ0n) is 27.2. The lowest BCUT2D eigenvalue weighted by Crippen LogP contribution is -2.33. The second-order valence-electron chi connectivity index (χ2n) is 10.8. The number of ether oxygens (including phenoxy) is 10. The zero-order chi connectivity index (χ0) is 31.2. The molecule has 1 aliphatic rings. The van der Waals surface area contributed by atoms with Crippen molar-refractivity contribution in [2.75, 3.05) is 119 Å². The SMILES string of the molecule is Cc1c(C)c2c(c(C)c1OCCOCCOCCOCCOCCOCCOCCOCCOCCO)CCC(C)(C)O2. The minimum Gasteiger partial charge on any atom is -0.491 e. The van der Waals surface area contributed by atoms with E-state index < -0.39 is 0 Å². The minimum absolute atomic E-state index is 0.0275. The van der Waals surface area contributed by atoms with Crippen LogP contribution in [0.4, 0.5) is 0 Å². The van der Waals surface area contributed by atoms with E-state index in [1.54, 1.807) is 0 Å². The van der Waals surface area contributed by atoms with Gasteiger partial charge in [0.15, 0.2) is 0 Å². The molecule has 0 saturated carbocycles. The molecule has 1 N–H and O–H groups in total. The normalized spacial score (nSPS) is 14.1. The fraction of sp³-hybridized carbons (Fsp3) is 0.812. The van der Waals surface area contributed by atoms with Gasteiger partial charge >= 0.3 is 0 Å². The van der Waals surface area contributed by atoms with Gasteiger partial charge in [-0.25, -0.2) is 0 Å². The first-order chi connectivity index (χ1) is 20.9. The predicted octanol–water partition coefficient (Wildman–Crippen LogP) is 3.22. The summed E-state index contributed by atoms with van der Waals surface area (Å²) < 4.78 is 56.0. The third-order valence-electron chi connectivity index (χ3n) is 6.98. The van der Waals surface area contributed by atoms with E-state index in [1.807, 2.05) is 0 Å². The van der Waals surface area contributed by atoms with Crippen LogP contribution in [0.2, 0.25) is 0 Å². The Balaban J connectivity index is 1.33. The molecule has 0 aliphatic carbocycles. The molecule has 250 valence electrons. The molecule has 0 amide bonds. The van der Waals surface area contributed by atoms with Gasteiger partial charge in [0.2, 0.25) is 0 Å². The Morgan fingerprint density at radius 1 is 0.535 bits per heavy atom. The summed E-state index contributed by atoms with van der Waals surface area (Å²) in [6, 6.07) is 0. The molecule has 0 aromatic heterocycles. The molecule has 11 nitrogen and oxygen atoms in total. The van der Waals surface area contributed by atoms with Crippen molar-refractivity contribution in [1.82, 2.24) is 0 Å². The van der Waals surface area contributed by atoms with Crippen LogP contribution in [0.25, 0.3) is 0 Å². The summed E-state index contributed by atoms with van der Waals surface area (Å²) in [6.07, 6.45) is 2.01. The number of hydrogen-bond acceptors (Lipinski definition) is 11. The molecule has 1 aromatic rings. The molecule has 0 atom stereocenters. The monoisotopic (exact) mass is 616 g/mol. The molecule has 1 heterocycles. The summed E-state index contributed by atoms with van der Waals surface area (Å²) in [5.41, 5.74) is 4.61. The topological polar surface area (TPSA) is 113 Å². The van der Waals surface area contributed by atoms with Crippen molar-refractivity contribution in [2.45, 2.75) is 53.1 Å². The average Bonchev–Trinajstić information content (AvgIpc) is 2.98. The minimum atomic E-state index is -0.126. The third kappa shape index (κ3) is 15.8. The van der Waals surface area contributed by atoms with Crippen LogP contribution in [-0.2, 0) is 44.3 Å². The summed E-state index contributed by atoms with van der Waals surface area (Å²) in [7, 11) is 0. The van der Waals surface area contributed by atoms with Crippen molar-refractivity contribution < 1.29 is 52.5 Å². The van der Waals surface area contributed by atoms with Gasteiger partial charge in [0, 0.05) is 5.56 Å². The fourth-order valence-corrected chi connectivity index (χ4v) is 4.47. The van der Waals surface area contributed by atoms with Crippen molar-refractivity contribution in [3.8, 4) is 11.5 Å². The van der Waals surface area contributed by atoms with Crippen molar-refractivity contribution >= 4 is 0 Å². The molecule has 43 heavy (non-hydrogen) atoms. The lowest BCUT2D eigenvalue weighted by molar-refractivity contribution is -0.0242. The van der Waals surface area contributed by atoms with Gasteiger partial charge in [-0.05, 0) is 64.2 Å². The lowest BCUT2D eigenvalue weighted by atomic mass is 9.88. The summed E-state index contributed by atoms with van der Waals surface area (Å²) in [5.74, 6) is 1.98. The summed E-state index contributed by atoms with van der Waals surface area (Å²) in [6.45, 7) is 19.1. The van der Waals surface area contributed by atoms with Gasteiger partial charge < -0.3 is 52.5 Å². The van der Waals surface area contributed by atoms with Gasteiger partial charge in [-0.3, -0.25) is 0 Å². The zero-order valence-corrected chi connectivity index (χ0v) is 27.2. The third-order valence-corrected chi connectivity index (χ3v) is 6.98. The van der Waals surface area contributed by atoms with Gasteiger partial charge in [-0.2, -0.15) is 0 Å². The number of aliphatic hydroxyl groups excluding tert-OH is 1. The van der Waals surface area contributed by atoms with Gasteiger partial charge in [0.1, 0.15) is 23.7 Å². The van der Waals surface area contributed by atoms with Crippen LogP contribution in [0.1, 0.15) is 42.5 Å². The number of benzene rings is 1. The first-order valence-electron chi connectivity index (χ1n) is 15.5. The van der Waals surface area contributed by atoms with Crippen LogP contribution < -0.4 is 9.47 Å². The van der Waals surface area contributed by atoms with Crippen molar-refractivity contribution in [3.63, 3.8) is 0 Å². The molecule has 0 unspecified atom stereocenters. The molecule has 0 bridgehead atoms. The van der Waals surface area contributed by atoms with Crippen LogP contribution in [0.5, 0.6) is 11.5 Å². The smallest absolute Gasteiger partial charge is 0.127 e. The van der Waals surface area contributed by atoms with Gasteiger partial charge in [0.25, 0.3) is 0 Å². The van der Waals surface area contributed by atoms with E-state index in [9.17, 15) is 0 Å². The molecular weight excluding hydrogens is 560 g/mol. The molecule has 0 saturated heterocycles. The van der Waals surface area contributed by atoms with Gasteiger partial charge in [-0.15, -0.1) is 0 Å². The number of fused-ring (bicyclic) bond motifs is 1. The molecule has 2 rings (SSSR count). The number of hydrogen-bond donors (Lipinski definition) is 1. The van der Waals surface area contributed by atoms with E-state index >= 15 is 0 Å². The molecular formula is C32H56O11. The van der Waals surface area contributed by atoms with Gasteiger partial charge in [0.05, 0.1) is 112 Å². The maximum atomic E-state index is 8.59. The van der Waals surface area contributed by atoms with Crippen LogP contribution in [0, 0.1) is 20.8 Å². The van der Waals surface area contributed by atoms with Crippen LogP contribution in [0.15, 0.2) is 0 Å². The van der Waals surface area contributed by atoms with Crippen molar-refractivity contribution in [3.05, 3.63) is 22.3 Å². The lowest BCUT2D eigenvalue weighted by Gasteiger charge is -2.35. The quantitative estimate of drug-likeness (QED) is 0.147. The summed E-state index contributed by atoms with van der Waals surface area (Å²) in [4.78, 5) is 0. The maximum Gasteiger partial charge on any atom is 0.127 e. The molecule has 11 heteroatoms. The average molecular weight is 617 g/mol. The van der Waals surface area contributed by atoms with Crippen LogP contribution >= 0.6 is 0 Å². The van der Waals surface area contributed by atoms with Gasteiger partial charge in [-0.1, -0.05) is 0 Å². The Bertz CT molecular complexity index is 862. The Labute approximate surface area is 258 Å². The second kappa shape index (κ2) is 22.9. The summed E-state index contributed by atoms with van der Waals surface area (Å²) in [5, 5.41) is 8.59. The van der Waals surface area contributed by atoms with E-state index in [0.29, 0.717) is 112 Å². The van der Waals surface area contributed by atoms with E-state index in [0.717, 1.165) is 35.5 Å². The number of rotatable bonds is 27. The highest BCUT2D eigenvalue weighted by Crippen LogP contribution is 2.43. The fourth-order valence-electron chi connectivity index (χ4n) is 4.47. The summed E-state index contributed by atoms with van der Waals surface area (Å²) >= 11 is 0. The number of aliphatic hydroxyl groups is 1. The first-order valence-corrected chi connectivity index (χ1v) is 15.5. The highest BCUT2D eigenvalue weighted by atomic mass is 16.6. The van der Waals surface area contributed by atoms with Crippen molar-refractivity contribution in [1.29, 1.82) is 0 Å². The maximum absolute atomic E-state index is 8.59. The molecule has 0 fully saturated rings. The Morgan fingerprint density at radius 2 is 0.907 bits per heavy atom. The molecule has 1 aromatic carbocycles. The first kappa shape index (κ1) is 37.6. The standard InChI is InChI=1S/C32H56O11/c1-26-27(2)31-29(6-7-32(4,5)43-31)28(3)30(26)42-25-24-41-23-22-40-21-20-39-19-18-38-17-16-37-15-14-36-13-12-35-11-10-34-9-8-33/h33H,6-25H2,1-5H3. The van der Waals surface area contributed by atoms with E-state index in [-0.39, 0.29) is 12.2 Å². The Kier molecular flexibility index (Phi) is 20.0. The second-order valence-corrected chi connectivity index (χ2v) is 10.8. The molecule has 0 radical (unpaired) electrons. The van der Waals surface area contributed by atoms with E-state index in [1.165, 1.54) is 11.1 Å². The van der Waals surface area contributed by atoms with Crippen LogP contribution in [-0.4, -0.2) is 130 Å². The van der Waals surface area contributed by atoms with E-state index in [2.05, 4.69) is 34.6 Å². The Morgan fingerprint density at radius 3 is 1.30 bits per heavy atom. The Hall–Kier alpha value is -1.54. The predicted molar refractivity (Wildman–Crippen MR) is 163 cm³/mol. The van der Waals surface area contributed by atoms with Crippen LogP contribution in [0.3, 0.4) is 0 Å². The molecule has 1 aliphatic heterocycles. The highest BCUT2D eigenvalue weighted by Gasteiger charge is 2.31. The highest BCUT2D eigenvalue weighted by molar-refractivity contribution is 5.58. The van der Waals surface area contributed by atoms with Crippen molar-refractivity contribution in [2.24, 2.45) is 0 Å². The largest absolute Gasteiger partial charge is 0.491 e.